The maximum absolute atomic E-state index is 13.2. The Bertz CT molecular complexity index is 1880. The van der Waals surface area contributed by atoms with Gasteiger partial charge in [-0.3, -0.25) is 4.98 Å². The number of ether oxygens (including phenoxy) is 6. The molecule has 52 heavy (non-hydrogen) atoms. The largest absolute Gasteiger partial charge is 0.495 e. The smallest absolute Gasteiger partial charge is 0.429 e. The van der Waals surface area contributed by atoms with E-state index in [0.29, 0.717) is 15.4 Å². The lowest BCUT2D eigenvalue weighted by Gasteiger charge is -2.27. The monoisotopic (exact) mass is 788 g/mol. The first kappa shape index (κ1) is 40.4. The lowest BCUT2D eigenvalue weighted by atomic mass is 10.0. The number of carbonyl (C=O) groups is 3. The summed E-state index contributed by atoms with van der Waals surface area (Å²) in [6, 6.07) is 7.53. The average molecular weight is 790 g/mol. The second-order valence-corrected chi connectivity index (χ2v) is 15.2. The van der Waals surface area contributed by atoms with Gasteiger partial charge in [0.1, 0.15) is 23.1 Å². The minimum absolute atomic E-state index is 0.00562. The van der Waals surface area contributed by atoms with E-state index in [0.717, 1.165) is 25.2 Å². The van der Waals surface area contributed by atoms with Crippen molar-refractivity contribution in [1.29, 1.82) is 0 Å². The minimum Gasteiger partial charge on any atom is -0.495 e. The molecule has 18 heteroatoms. The van der Waals surface area contributed by atoms with Crippen molar-refractivity contribution in [3.8, 4) is 17.2 Å². The first-order chi connectivity index (χ1) is 24.4. The Hall–Kier alpha value is -4.41. The summed E-state index contributed by atoms with van der Waals surface area (Å²) in [5.41, 5.74) is -1.02. The zero-order valence-corrected chi connectivity index (χ0v) is 31.0. The van der Waals surface area contributed by atoms with Gasteiger partial charge in [-0.2, -0.15) is 13.1 Å². The summed E-state index contributed by atoms with van der Waals surface area (Å²) < 4.78 is 83.8. The van der Waals surface area contributed by atoms with Gasteiger partial charge in [0.2, 0.25) is 10.0 Å². The number of anilines is 1. The molecule has 0 aliphatic heterocycles. The standard InChI is InChI=1S/C34H36Cl2F2N2O11S/c1-34(2,3)51-33(43)40(52(5,44)45)25-12-21(9-10-26(25)46-4)31(42)48-18-30(41)49-28(14-22-23(35)15-39-16-24(22)36)20-8-11-27(50-32(37)38)29(13-20)47-17-19-6-7-19/h8-13,15-16,19,28,32H,6-7,14,17-18H2,1-5H3/t28-/m0/s1. The van der Waals surface area contributed by atoms with Crippen LogP contribution in [0.25, 0.3) is 0 Å². The number of benzene rings is 2. The van der Waals surface area contributed by atoms with Gasteiger partial charge in [-0.05, 0) is 81.0 Å². The Balaban J connectivity index is 1.58. The fourth-order valence-corrected chi connectivity index (χ4v) is 5.99. The van der Waals surface area contributed by atoms with Crippen molar-refractivity contribution in [2.24, 2.45) is 5.92 Å². The van der Waals surface area contributed by atoms with Gasteiger partial charge in [-0.25, -0.2) is 22.8 Å². The quantitative estimate of drug-likeness (QED) is 0.113. The Morgan fingerprint density at radius 1 is 1.00 bits per heavy atom. The highest BCUT2D eigenvalue weighted by Gasteiger charge is 2.34. The molecule has 1 aliphatic carbocycles. The van der Waals surface area contributed by atoms with Gasteiger partial charge in [0.15, 0.2) is 18.1 Å². The second-order valence-electron chi connectivity index (χ2n) is 12.6. The highest BCUT2D eigenvalue weighted by atomic mass is 35.5. The van der Waals surface area contributed by atoms with Crippen LogP contribution in [-0.4, -0.2) is 70.2 Å². The molecule has 0 N–H and O–H groups in total. The van der Waals surface area contributed by atoms with Crippen LogP contribution in [0.2, 0.25) is 10.0 Å². The van der Waals surface area contributed by atoms with Crippen molar-refractivity contribution in [3.05, 3.63) is 75.5 Å². The fourth-order valence-electron chi connectivity index (χ4n) is 4.66. The molecule has 0 saturated heterocycles. The number of rotatable bonds is 15. The molecule has 1 fully saturated rings. The number of aromatic nitrogens is 1. The third kappa shape index (κ3) is 11.3. The third-order valence-corrected chi connectivity index (χ3v) is 8.85. The number of methoxy groups -OCH3 is 1. The lowest BCUT2D eigenvalue weighted by molar-refractivity contribution is -0.153. The van der Waals surface area contributed by atoms with E-state index in [1.165, 1.54) is 49.8 Å². The third-order valence-electron chi connectivity index (χ3n) is 7.19. The normalized spacial score (nSPS) is 13.6. The predicted octanol–water partition coefficient (Wildman–Crippen LogP) is 7.17. The van der Waals surface area contributed by atoms with Gasteiger partial charge in [0, 0.05) is 18.8 Å². The number of hydrogen-bond donors (Lipinski definition) is 0. The second kappa shape index (κ2) is 16.9. The van der Waals surface area contributed by atoms with Gasteiger partial charge < -0.3 is 28.4 Å². The number of hydrogen-bond acceptors (Lipinski definition) is 12. The highest BCUT2D eigenvalue weighted by molar-refractivity contribution is 7.92. The van der Waals surface area contributed by atoms with Gasteiger partial charge >= 0.3 is 24.6 Å². The number of alkyl halides is 2. The van der Waals surface area contributed by atoms with Crippen LogP contribution >= 0.6 is 23.2 Å². The van der Waals surface area contributed by atoms with E-state index < -0.39 is 53.0 Å². The van der Waals surface area contributed by atoms with E-state index in [2.05, 4.69) is 9.72 Å². The van der Waals surface area contributed by atoms with Crippen LogP contribution in [0.4, 0.5) is 19.3 Å². The van der Waals surface area contributed by atoms with Crippen molar-refractivity contribution in [3.63, 3.8) is 0 Å². The van der Waals surface area contributed by atoms with Crippen molar-refractivity contribution in [2.45, 2.75) is 58.4 Å². The molecule has 1 aromatic heterocycles. The number of halogens is 4. The zero-order valence-electron chi connectivity index (χ0n) is 28.7. The minimum atomic E-state index is -4.30. The molecule has 282 valence electrons. The molecular formula is C34H36Cl2F2N2O11S. The topological polar surface area (TPSA) is 157 Å². The molecule has 1 aliphatic rings. The van der Waals surface area contributed by atoms with Crippen molar-refractivity contribution >= 4 is 56.9 Å². The Morgan fingerprint density at radius 2 is 1.65 bits per heavy atom. The van der Waals surface area contributed by atoms with Crippen molar-refractivity contribution in [2.75, 3.05) is 30.9 Å². The number of carbonyl (C=O) groups excluding carboxylic acids is 3. The zero-order chi connectivity index (χ0) is 38.4. The Labute approximate surface area is 309 Å². The van der Waals surface area contributed by atoms with Crippen molar-refractivity contribution < 1.29 is 60.0 Å². The van der Waals surface area contributed by atoms with Crippen molar-refractivity contribution in [1.82, 2.24) is 4.98 Å². The first-order valence-corrected chi connectivity index (χ1v) is 18.2. The summed E-state index contributed by atoms with van der Waals surface area (Å²) in [5, 5.41) is 0.320. The van der Waals surface area contributed by atoms with Crippen LogP contribution in [-0.2, 0) is 35.4 Å². The van der Waals surface area contributed by atoms with Gasteiger partial charge in [-0.15, -0.1) is 0 Å². The molecule has 0 unspecified atom stereocenters. The lowest BCUT2D eigenvalue weighted by Crippen LogP contribution is -2.40. The van der Waals surface area contributed by atoms with E-state index in [9.17, 15) is 31.6 Å². The van der Waals surface area contributed by atoms with Crippen LogP contribution in [0.15, 0.2) is 48.8 Å². The Morgan fingerprint density at radius 3 is 2.23 bits per heavy atom. The molecule has 0 spiro atoms. The van der Waals surface area contributed by atoms with Gasteiger partial charge in [-0.1, -0.05) is 29.3 Å². The summed E-state index contributed by atoms with van der Waals surface area (Å²) in [6.45, 7) is 0.837. The van der Waals surface area contributed by atoms with Crippen LogP contribution in [0.3, 0.4) is 0 Å². The number of pyridine rings is 1. The van der Waals surface area contributed by atoms with Crippen LogP contribution < -0.4 is 18.5 Å². The molecular weight excluding hydrogens is 753 g/mol. The molecule has 1 amide bonds. The summed E-state index contributed by atoms with van der Waals surface area (Å²) in [7, 11) is -3.07. The van der Waals surface area contributed by atoms with E-state index in [1.807, 2.05) is 0 Å². The van der Waals surface area contributed by atoms with E-state index in [-0.39, 0.29) is 57.5 Å². The first-order valence-electron chi connectivity index (χ1n) is 15.6. The highest BCUT2D eigenvalue weighted by Crippen LogP contribution is 2.38. The SMILES string of the molecule is COc1ccc(C(=O)OCC(=O)O[C@@H](Cc2c(Cl)cncc2Cl)c2ccc(OC(F)F)c(OCC3CC3)c2)cc1N(C(=O)OC(C)(C)C)S(C)(=O)=O. The molecule has 0 bridgehead atoms. The maximum atomic E-state index is 13.2. The maximum Gasteiger partial charge on any atom is 0.429 e. The summed E-state index contributed by atoms with van der Waals surface area (Å²) >= 11 is 12.7. The van der Waals surface area contributed by atoms with E-state index >= 15 is 0 Å². The summed E-state index contributed by atoms with van der Waals surface area (Å²) in [5.74, 6) is -2.16. The summed E-state index contributed by atoms with van der Waals surface area (Å²) in [4.78, 5) is 43.2. The van der Waals surface area contributed by atoms with E-state index in [1.54, 1.807) is 20.8 Å². The molecule has 1 heterocycles. The number of esters is 2. The van der Waals surface area contributed by atoms with E-state index in [4.69, 9.17) is 46.9 Å². The number of amides is 1. The van der Waals surface area contributed by atoms with Crippen LogP contribution in [0.5, 0.6) is 17.2 Å². The summed E-state index contributed by atoms with van der Waals surface area (Å²) in [6.07, 6.45) is 2.79. The molecule has 0 radical (unpaired) electrons. The molecule has 1 atom stereocenters. The molecule has 4 rings (SSSR count). The molecule has 2 aromatic carbocycles. The average Bonchev–Trinajstić information content (AvgIpc) is 3.87. The van der Waals surface area contributed by atoms with Crippen LogP contribution in [0, 0.1) is 5.92 Å². The number of nitrogens with zero attached hydrogens (tertiary/aromatic N) is 2. The molecule has 3 aromatic rings. The predicted molar refractivity (Wildman–Crippen MR) is 185 cm³/mol. The Kier molecular flexibility index (Phi) is 13.2. The fraction of sp³-hybridized carbons (Fsp3) is 0.412. The van der Waals surface area contributed by atoms with Gasteiger partial charge in [0.05, 0.1) is 35.6 Å². The van der Waals surface area contributed by atoms with Gasteiger partial charge in [0.25, 0.3) is 0 Å². The molecule has 13 nitrogen and oxygen atoms in total. The van der Waals surface area contributed by atoms with Crippen LogP contribution in [0.1, 0.15) is 61.2 Å². The molecule has 1 saturated carbocycles. The number of sulfonamides is 1.